The van der Waals surface area contributed by atoms with Crippen molar-refractivity contribution in [2.24, 2.45) is 4.99 Å². The highest BCUT2D eigenvalue weighted by atomic mass is 35.5. The highest BCUT2D eigenvalue weighted by Crippen LogP contribution is 2.18. The average molecular weight is 387 g/mol. The van der Waals surface area contributed by atoms with Gasteiger partial charge in [-0.15, -0.1) is 0 Å². The summed E-state index contributed by atoms with van der Waals surface area (Å²) in [6, 6.07) is 5.79. The summed E-state index contributed by atoms with van der Waals surface area (Å²) in [6.45, 7) is -0.155. The molecule has 0 aliphatic heterocycles. The molecule has 136 valence electrons. The third kappa shape index (κ3) is 7.84. The Bertz CT molecular complexity index is 665. The smallest absolute Gasteiger partial charge is 0.356 e. The van der Waals surface area contributed by atoms with Crippen molar-refractivity contribution in [1.29, 1.82) is 0 Å². The summed E-state index contributed by atoms with van der Waals surface area (Å²) in [6.07, 6.45) is -5.24. The Labute approximate surface area is 143 Å². The SMILES string of the molecule is CN=C(NCCNS(=O)(=O)c1cccc(Cl)c1)NCCC(F)(F)F. The van der Waals surface area contributed by atoms with Crippen LogP contribution in [-0.2, 0) is 10.0 Å². The Morgan fingerprint density at radius 3 is 2.46 bits per heavy atom. The quantitative estimate of drug-likeness (QED) is 0.379. The van der Waals surface area contributed by atoms with Crippen LogP contribution in [0.3, 0.4) is 0 Å². The number of aliphatic imine (C=N–C) groups is 1. The summed E-state index contributed by atoms with van der Waals surface area (Å²) >= 11 is 5.74. The van der Waals surface area contributed by atoms with Gasteiger partial charge in [0, 0.05) is 31.7 Å². The summed E-state index contributed by atoms with van der Waals surface area (Å²) < 4.78 is 62.5. The van der Waals surface area contributed by atoms with E-state index >= 15 is 0 Å². The minimum Gasteiger partial charge on any atom is -0.356 e. The van der Waals surface area contributed by atoms with Crippen LogP contribution in [0.5, 0.6) is 0 Å². The Hall–Kier alpha value is -1.52. The molecular weight excluding hydrogens is 369 g/mol. The van der Waals surface area contributed by atoms with Gasteiger partial charge in [-0.05, 0) is 18.2 Å². The van der Waals surface area contributed by atoms with E-state index in [1.165, 1.54) is 25.2 Å². The molecule has 0 heterocycles. The number of benzene rings is 1. The lowest BCUT2D eigenvalue weighted by Gasteiger charge is -2.13. The molecule has 0 bridgehead atoms. The molecule has 1 rings (SSSR count). The fraction of sp³-hybridized carbons (Fsp3) is 0.462. The molecule has 0 aliphatic carbocycles. The number of nitrogens with one attached hydrogen (secondary N) is 3. The largest absolute Gasteiger partial charge is 0.390 e. The lowest BCUT2D eigenvalue weighted by atomic mass is 10.4. The average Bonchev–Trinajstić information content (AvgIpc) is 2.48. The first-order valence-corrected chi connectivity index (χ1v) is 8.77. The monoisotopic (exact) mass is 386 g/mol. The molecule has 3 N–H and O–H groups in total. The molecule has 24 heavy (non-hydrogen) atoms. The van der Waals surface area contributed by atoms with Gasteiger partial charge in [0.05, 0.1) is 11.3 Å². The molecule has 0 amide bonds. The Balaban J connectivity index is 2.38. The second-order valence-electron chi connectivity index (χ2n) is 4.65. The van der Waals surface area contributed by atoms with E-state index in [-0.39, 0.29) is 30.5 Å². The van der Waals surface area contributed by atoms with Crippen LogP contribution in [0.2, 0.25) is 5.02 Å². The summed E-state index contributed by atoms with van der Waals surface area (Å²) in [5, 5.41) is 5.49. The van der Waals surface area contributed by atoms with Gasteiger partial charge in [0.25, 0.3) is 0 Å². The molecule has 0 fully saturated rings. The number of guanidine groups is 1. The van der Waals surface area contributed by atoms with Gasteiger partial charge in [-0.3, -0.25) is 4.99 Å². The van der Waals surface area contributed by atoms with Gasteiger partial charge < -0.3 is 10.6 Å². The van der Waals surface area contributed by atoms with Gasteiger partial charge in [-0.1, -0.05) is 17.7 Å². The third-order valence-electron chi connectivity index (χ3n) is 2.74. The third-order valence-corrected chi connectivity index (χ3v) is 4.43. The minimum absolute atomic E-state index is 0.0226. The van der Waals surface area contributed by atoms with Crippen molar-refractivity contribution in [3.63, 3.8) is 0 Å². The van der Waals surface area contributed by atoms with E-state index in [1.807, 2.05) is 0 Å². The maximum atomic E-state index is 12.1. The Morgan fingerprint density at radius 2 is 1.88 bits per heavy atom. The van der Waals surface area contributed by atoms with E-state index in [0.29, 0.717) is 5.02 Å². The highest BCUT2D eigenvalue weighted by Gasteiger charge is 2.26. The molecular formula is C13H18ClF3N4O2S. The van der Waals surface area contributed by atoms with Crippen LogP contribution in [0.25, 0.3) is 0 Å². The maximum absolute atomic E-state index is 12.1. The fourth-order valence-electron chi connectivity index (χ4n) is 1.63. The van der Waals surface area contributed by atoms with E-state index in [0.717, 1.165) is 0 Å². The van der Waals surface area contributed by atoms with Gasteiger partial charge in [-0.25, -0.2) is 13.1 Å². The van der Waals surface area contributed by atoms with Crippen molar-refractivity contribution in [2.45, 2.75) is 17.5 Å². The number of hydrogen-bond donors (Lipinski definition) is 3. The molecule has 0 saturated carbocycles. The standard InChI is InChI=1S/C13H18ClF3N4O2S/c1-18-12(19-6-5-13(15,16)17)20-7-8-21-24(22,23)11-4-2-3-10(14)9-11/h2-4,9,21H,5-8H2,1H3,(H2,18,19,20). The van der Waals surface area contributed by atoms with Crippen LogP contribution in [0, 0.1) is 0 Å². The first kappa shape index (κ1) is 20.5. The van der Waals surface area contributed by atoms with Crippen molar-refractivity contribution in [3.8, 4) is 0 Å². The molecule has 0 aromatic heterocycles. The number of rotatable bonds is 7. The minimum atomic E-state index is -4.25. The molecule has 1 aromatic rings. The number of halogens is 4. The molecule has 1 aromatic carbocycles. The Morgan fingerprint density at radius 1 is 1.21 bits per heavy atom. The molecule has 0 radical (unpaired) electrons. The van der Waals surface area contributed by atoms with Crippen LogP contribution < -0.4 is 15.4 Å². The molecule has 6 nitrogen and oxygen atoms in total. The fourth-order valence-corrected chi connectivity index (χ4v) is 2.96. The number of nitrogens with zero attached hydrogens (tertiary/aromatic N) is 1. The molecule has 11 heteroatoms. The van der Waals surface area contributed by atoms with Crippen LogP contribution in [-0.4, -0.2) is 47.2 Å². The van der Waals surface area contributed by atoms with E-state index in [1.54, 1.807) is 6.07 Å². The topological polar surface area (TPSA) is 82.6 Å². The van der Waals surface area contributed by atoms with Crippen molar-refractivity contribution in [1.82, 2.24) is 15.4 Å². The zero-order valence-electron chi connectivity index (χ0n) is 12.8. The number of hydrogen-bond acceptors (Lipinski definition) is 3. The summed E-state index contributed by atoms with van der Waals surface area (Å²) in [7, 11) is -2.31. The molecule has 0 spiro atoms. The van der Waals surface area contributed by atoms with Crippen molar-refractivity contribution in [2.75, 3.05) is 26.7 Å². The number of alkyl halides is 3. The van der Waals surface area contributed by atoms with Gasteiger partial charge in [0.15, 0.2) is 5.96 Å². The summed E-state index contributed by atoms with van der Waals surface area (Å²) in [5.74, 6) is 0.154. The van der Waals surface area contributed by atoms with Crippen LogP contribution in [0.4, 0.5) is 13.2 Å². The Kier molecular flexibility index (Phi) is 7.77. The number of sulfonamides is 1. The van der Waals surface area contributed by atoms with E-state index < -0.39 is 22.6 Å². The predicted octanol–water partition coefficient (Wildman–Crippen LogP) is 1.74. The van der Waals surface area contributed by atoms with Crippen LogP contribution in [0.15, 0.2) is 34.2 Å². The van der Waals surface area contributed by atoms with Crippen LogP contribution in [0.1, 0.15) is 6.42 Å². The first-order valence-electron chi connectivity index (χ1n) is 6.90. The van der Waals surface area contributed by atoms with Crippen molar-refractivity contribution < 1.29 is 21.6 Å². The van der Waals surface area contributed by atoms with Gasteiger partial charge in [0.2, 0.25) is 10.0 Å². The van der Waals surface area contributed by atoms with Gasteiger partial charge >= 0.3 is 6.18 Å². The van der Waals surface area contributed by atoms with E-state index in [2.05, 4.69) is 20.3 Å². The van der Waals surface area contributed by atoms with E-state index in [9.17, 15) is 21.6 Å². The summed E-state index contributed by atoms with van der Waals surface area (Å²) in [4.78, 5) is 3.77. The second-order valence-corrected chi connectivity index (χ2v) is 6.85. The molecule has 0 atom stereocenters. The maximum Gasteiger partial charge on any atom is 0.390 e. The lowest BCUT2D eigenvalue weighted by Crippen LogP contribution is -2.42. The van der Waals surface area contributed by atoms with Gasteiger partial charge in [0.1, 0.15) is 0 Å². The molecule has 0 saturated heterocycles. The first-order chi connectivity index (χ1) is 11.1. The normalized spacial score (nSPS) is 13.0. The summed E-state index contributed by atoms with van der Waals surface area (Å²) in [5.41, 5.74) is 0. The van der Waals surface area contributed by atoms with Gasteiger partial charge in [-0.2, -0.15) is 13.2 Å². The van der Waals surface area contributed by atoms with Crippen molar-refractivity contribution >= 4 is 27.6 Å². The second kappa shape index (κ2) is 9.09. The molecule has 0 unspecified atom stereocenters. The molecule has 0 aliphatic rings. The van der Waals surface area contributed by atoms with E-state index in [4.69, 9.17) is 11.6 Å². The predicted molar refractivity (Wildman–Crippen MR) is 86.7 cm³/mol. The highest BCUT2D eigenvalue weighted by molar-refractivity contribution is 7.89. The van der Waals surface area contributed by atoms with Crippen LogP contribution >= 0.6 is 11.6 Å². The lowest BCUT2D eigenvalue weighted by molar-refractivity contribution is -0.132. The zero-order valence-corrected chi connectivity index (χ0v) is 14.4. The zero-order chi connectivity index (χ0) is 18.2. The van der Waals surface area contributed by atoms with Crippen molar-refractivity contribution in [3.05, 3.63) is 29.3 Å².